The van der Waals surface area contributed by atoms with Gasteiger partial charge in [-0.1, -0.05) is 11.6 Å². The summed E-state index contributed by atoms with van der Waals surface area (Å²) >= 11 is 6.01. The van der Waals surface area contributed by atoms with Crippen molar-refractivity contribution in [3.8, 4) is 0 Å². The normalized spacial score (nSPS) is 14.1. The van der Waals surface area contributed by atoms with Crippen LogP contribution in [0.2, 0.25) is 5.15 Å². The number of hydrogen-bond acceptors (Lipinski definition) is 3. The molecule has 0 saturated carbocycles. The van der Waals surface area contributed by atoms with Crippen molar-refractivity contribution < 1.29 is 0 Å². The summed E-state index contributed by atoms with van der Waals surface area (Å²) in [5.74, 6) is 0. The van der Waals surface area contributed by atoms with Gasteiger partial charge >= 0.3 is 0 Å². The predicted molar refractivity (Wildman–Crippen MR) is 70.9 cm³/mol. The Labute approximate surface area is 105 Å². The van der Waals surface area contributed by atoms with Crippen molar-refractivity contribution in [3.05, 3.63) is 28.0 Å². The molecule has 0 spiro atoms. The van der Waals surface area contributed by atoms with Crippen molar-refractivity contribution in [2.75, 3.05) is 12.4 Å². The van der Waals surface area contributed by atoms with Crippen molar-refractivity contribution in [3.63, 3.8) is 0 Å². The maximum absolute atomic E-state index is 6.01. The van der Waals surface area contributed by atoms with Gasteiger partial charge in [0.05, 0.1) is 0 Å². The highest BCUT2D eigenvalue weighted by Crippen LogP contribution is 2.33. The third-order valence-electron chi connectivity index (χ3n) is 3.50. The Morgan fingerprint density at radius 1 is 1.29 bits per heavy atom. The van der Waals surface area contributed by atoms with Gasteiger partial charge in [-0.3, -0.25) is 0 Å². The Kier molecular flexibility index (Phi) is 2.44. The average molecular weight is 248 g/mol. The molecule has 1 N–H and O–H groups in total. The number of pyridine rings is 2. The van der Waals surface area contributed by atoms with Crippen molar-refractivity contribution in [2.45, 2.75) is 26.2 Å². The monoisotopic (exact) mass is 247 g/mol. The Balaban J connectivity index is 2.43. The van der Waals surface area contributed by atoms with Gasteiger partial charge in [-0.05, 0) is 43.4 Å². The topological polar surface area (TPSA) is 37.8 Å². The van der Waals surface area contributed by atoms with Crippen LogP contribution in [0.15, 0.2) is 6.07 Å². The third kappa shape index (κ3) is 1.57. The number of hydrogen-bond donors (Lipinski definition) is 1. The van der Waals surface area contributed by atoms with Gasteiger partial charge in [-0.2, -0.15) is 0 Å². The summed E-state index contributed by atoms with van der Waals surface area (Å²) in [5.41, 5.74) is 5.68. The number of aryl methyl sites for hydroxylation is 2. The second-order valence-electron chi connectivity index (χ2n) is 4.46. The summed E-state index contributed by atoms with van der Waals surface area (Å²) in [7, 11) is 1.90. The molecule has 0 aliphatic heterocycles. The van der Waals surface area contributed by atoms with E-state index in [1.54, 1.807) is 0 Å². The van der Waals surface area contributed by atoms with Crippen molar-refractivity contribution in [2.24, 2.45) is 0 Å². The molecule has 2 aromatic heterocycles. The van der Waals surface area contributed by atoms with Crippen LogP contribution >= 0.6 is 11.6 Å². The van der Waals surface area contributed by atoms with E-state index >= 15 is 0 Å². The predicted octanol–water partition coefficient (Wildman–Crippen LogP) is 3.12. The zero-order valence-electron chi connectivity index (χ0n) is 9.97. The summed E-state index contributed by atoms with van der Waals surface area (Å²) in [4.78, 5) is 8.99. The zero-order chi connectivity index (χ0) is 12.0. The average Bonchev–Trinajstić information content (AvgIpc) is 2.76. The maximum atomic E-state index is 6.01. The highest BCUT2D eigenvalue weighted by atomic mass is 35.5. The van der Waals surface area contributed by atoms with Crippen molar-refractivity contribution in [1.82, 2.24) is 9.97 Å². The number of halogens is 1. The minimum atomic E-state index is 0.492. The Morgan fingerprint density at radius 3 is 2.88 bits per heavy atom. The standard InChI is InChI=1S/C13H14ClN3/c1-7-8-4-3-5-9(8)16-13-12(7)10(15-2)6-11(14)17-13/h6H,3-5H2,1-2H3,(H,15,16,17). The fourth-order valence-electron chi connectivity index (χ4n) is 2.68. The molecule has 2 aromatic rings. The molecule has 0 unspecified atom stereocenters. The van der Waals surface area contributed by atoms with Crippen molar-refractivity contribution >= 4 is 28.3 Å². The number of nitrogens with zero attached hydrogens (tertiary/aromatic N) is 2. The molecular formula is C13H14ClN3. The largest absolute Gasteiger partial charge is 0.387 e. The lowest BCUT2D eigenvalue weighted by Crippen LogP contribution is -2.00. The number of anilines is 1. The molecule has 0 bridgehead atoms. The van der Waals surface area contributed by atoms with E-state index < -0.39 is 0 Å². The fourth-order valence-corrected chi connectivity index (χ4v) is 2.87. The summed E-state index contributed by atoms with van der Waals surface area (Å²) < 4.78 is 0. The van der Waals surface area contributed by atoms with E-state index in [1.165, 1.54) is 23.2 Å². The fraction of sp³-hybridized carbons (Fsp3) is 0.385. The summed E-state index contributed by atoms with van der Waals surface area (Å²) in [6, 6.07) is 1.86. The molecule has 4 heteroatoms. The number of nitrogens with one attached hydrogen (secondary N) is 1. The quantitative estimate of drug-likeness (QED) is 0.787. The molecule has 17 heavy (non-hydrogen) atoms. The first kappa shape index (κ1) is 10.8. The number of rotatable bonds is 1. The van der Waals surface area contributed by atoms with Crippen LogP contribution in [0.1, 0.15) is 23.2 Å². The number of fused-ring (bicyclic) bond motifs is 2. The molecule has 88 valence electrons. The lowest BCUT2D eigenvalue weighted by atomic mass is 10.0. The molecule has 0 atom stereocenters. The molecular weight excluding hydrogens is 234 g/mol. The highest BCUT2D eigenvalue weighted by Gasteiger charge is 2.19. The van der Waals surface area contributed by atoms with Gasteiger partial charge in [-0.25, -0.2) is 9.97 Å². The molecule has 0 fully saturated rings. The Morgan fingerprint density at radius 2 is 2.12 bits per heavy atom. The third-order valence-corrected chi connectivity index (χ3v) is 3.69. The van der Waals surface area contributed by atoms with E-state index in [-0.39, 0.29) is 0 Å². The maximum Gasteiger partial charge on any atom is 0.163 e. The molecule has 0 radical (unpaired) electrons. The first-order valence-electron chi connectivity index (χ1n) is 5.87. The van der Waals surface area contributed by atoms with E-state index in [9.17, 15) is 0 Å². The minimum Gasteiger partial charge on any atom is -0.387 e. The first-order chi connectivity index (χ1) is 8.20. The molecule has 1 aliphatic rings. The minimum absolute atomic E-state index is 0.492. The van der Waals surface area contributed by atoms with Crippen LogP contribution in [0.5, 0.6) is 0 Å². The van der Waals surface area contributed by atoms with Crippen LogP contribution in [0.25, 0.3) is 11.0 Å². The first-order valence-corrected chi connectivity index (χ1v) is 6.25. The Hall–Kier alpha value is -1.35. The van der Waals surface area contributed by atoms with Crippen LogP contribution in [0.3, 0.4) is 0 Å². The molecule has 3 rings (SSSR count). The van der Waals surface area contributed by atoms with Crippen LogP contribution < -0.4 is 5.32 Å². The van der Waals surface area contributed by atoms with Gasteiger partial charge in [0.15, 0.2) is 5.65 Å². The molecule has 0 saturated heterocycles. The van der Waals surface area contributed by atoms with Crippen molar-refractivity contribution in [1.29, 1.82) is 0 Å². The van der Waals surface area contributed by atoms with E-state index in [0.29, 0.717) is 5.15 Å². The van der Waals surface area contributed by atoms with Gasteiger partial charge in [0.2, 0.25) is 0 Å². The zero-order valence-corrected chi connectivity index (χ0v) is 10.7. The molecule has 2 heterocycles. The summed E-state index contributed by atoms with van der Waals surface area (Å²) in [5, 5.41) is 4.78. The van der Waals surface area contributed by atoms with Crippen LogP contribution in [-0.2, 0) is 12.8 Å². The van der Waals surface area contributed by atoms with Crippen LogP contribution in [0.4, 0.5) is 5.69 Å². The smallest absolute Gasteiger partial charge is 0.163 e. The molecule has 1 aliphatic carbocycles. The Bertz CT molecular complexity index is 607. The second kappa shape index (κ2) is 3.84. The van der Waals surface area contributed by atoms with E-state index in [1.807, 2.05) is 13.1 Å². The van der Waals surface area contributed by atoms with E-state index in [0.717, 1.165) is 29.6 Å². The SMILES string of the molecule is CNc1cc(Cl)nc2nc3c(c(C)c12)CCC3. The summed E-state index contributed by atoms with van der Waals surface area (Å²) in [6.07, 6.45) is 3.40. The molecule has 0 amide bonds. The van der Waals surface area contributed by atoms with E-state index in [4.69, 9.17) is 11.6 Å². The van der Waals surface area contributed by atoms with Gasteiger partial charge < -0.3 is 5.32 Å². The van der Waals surface area contributed by atoms with Crippen LogP contribution in [-0.4, -0.2) is 17.0 Å². The highest BCUT2D eigenvalue weighted by molar-refractivity contribution is 6.30. The molecule has 3 nitrogen and oxygen atoms in total. The van der Waals surface area contributed by atoms with E-state index in [2.05, 4.69) is 22.2 Å². The number of aromatic nitrogens is 2. The lowest BCUT2D eigenvalue weighted by molar-refractivity contribution is 0.899. The lowest BCUT2D eigenvalue weighted by Gasteiger charge is -2.12. The van der Waals surface area contributed by atoms with Gasteiger partial charge in [0.1, 0.15) is 5.15 Å². The van der Waals surface area contributed by atoms with Crippen LogP contribution in [0, 0.1) is 6.92 Å². The van der Waals surface area contributed by atoms with Gasteiger partial charge in [-0.15, -0.1) is 0 Å². The van der Waals surface area contributed by atoms with Gasteiger partial charge in [0.25, 0.3) is 0 Å². The molecule has 0 aromatic carbocycles. The summed E-state index contributed by atoms with van der Waals surface area (Å²) in [6.45, 7) is 2.16. The second-order valence-corrected chi connectivity index (χ2v) is 4.84. The van der Waals surface area contributed by atoms with Gasteiger partial charge in [0, 0.05) is 23.8 Å².